The van der Waals surface area contributed by atoms with Crippen molar-refractivity contribution in [2.24, 2.45) is 0 Å². The zero-order chi connectivity index (χ0) is 31.8. The number of halogens is 1. The van der Waals surface area contributed by atoms with Gasteiger partial charge in [0, 0.05) is 36.5 Å². The molecule has 224 valence electrons. The SMILES string of the molecule is Fc1c2ccccc2c(-c2cccc3c2sc2cc(-c4c5ccccc5c(-c5ccccc5)c5ccccc45)ccc23)c2ccccc12. The first-order valence-corrected chi connectivity index (χ1v) is 17.1. The molecule has 0 radical (unpaired) electrons. The van der Waals surface area contributed by atoms with Gasteiger partial charge in [0.25, 0.3) is 0 Å². The summed E-state index contributed by atoms with van der Waals surface area (Å²) in [5, 5.41) is 10.7. The van der Waals surface area contributed by atoms with Crippen LogP contribution in [0.1, 0.15) is 0 Å². The summed E-state index contributed by atoms with van der Waals surface area (Å²) in [4.78, 5) is 0. The molecule has 0 spiro atoms. The fourth-order valence-electron chi connectivity index (χ4n) is 7.87. The predicted octanol–water partition coefficient (Wildman–Crippen LogP) is 13.8. The Morgan fingerprint density at radius 3 is 1.35 bits per heavy atom. The number of hydrogen-bond donors (Lipinski definition) is 0. The van der Waals surface area contributed by atoms with Gasteiger partial charge < -0.3 is 0 Å². The molecule has 9 aromatic carbocycles. The minimum absolute atomic E-state index is 0.157. The van der Waals surface area contributed by atoms with Crippen molar-refractivity contribution in [2.45, 2.75) is 0 Å². The molecule has 0 aliphatic carbocycles. The van der Waals surface area contributed by atoms with Crippen LogP contribution in [0.25, 0.3) is 96.6 Å². The molecule has 10 aromatic rings. The topological polar surface area (TPSA) is 0 Å². The number of benzene rings is 9. The molecule has 0 amide bonds. The molecule has 0 saturated heterocycles. The van der Waals surface area contributed by atoms with E-state index < -0.39 is 0 Å². The monoisotopic (exact) mass is 630 g/mol. The van der Waals surface area contributed by atoms with E-state index in [1.165, 1.54) is 64.0 Å². The summed E-state index contributed by atoms with van der Waals surface area (Å²) in [6.45, 7) is 0. The Morgan fingerprint density at radius 1 is 0.333 bits per heavy atom. The van der Waals surface area contributed by atoms with Crippen LogP contribution in [0.3, 0.4) is 0 Å². The molecule has 0 nitrogen and oxygen atoms in total. The molecule has 2 heteroatoms. The average Bonchev–Trinajstić information content (AvgIpc) is 3.53. The van der Waals surface area contributed by atoms with Crippen LogP contribution in [0.2, 0.25) is 0 Å². The Labute approximate surface area is 280 Å². The van der Waals surface area contributed by atoms with Gasteiger partial charge in [-0.05, 0) is 66.2 Å². The van der Waals surface area contributed by atoms with E-state index in [-0.39, 0.29) is 5.82 Å². The van der Waals surface area contributed by atoms with Gasteiger partial charge in [0.1, 0.15) is 5.82 Å². The second kappa shape index (κ2) is 10.6. The normalized spacial score (nSPS) is 11.9. The van der Waals surface area contributed by atoms with Crippen LogP contribution in [-0.2, 0) is 0 Å². The standard InChI is InChI=1S/C46H27FS/c47-45-37-21-10-8-19-35(37)44(36-20-9-11-22-38(36)45)40-24-12-23-39-30-26-25-29(27-41(30)48-46(39)40)43-33-17-6-4-15-31(33)42(28-13-2-1-3-14-28)32-16-5-7-18-34(32)43/h1-27H. The van der Waals surface area contributed by atoms with Crippen molar-refractivity contribution in [3.05, 3.63) is 170 Å². The van der Waals surface area contributed by atoms with Crippen LogP contribution in [0, 0.1) is 5.82 Å². The Balaban J connectivity index is 1.26. The summed E-state index contributed by atoms with van der Waals surface area (Å²) in [5.74, 6) is -0.157. The van der Waals surface area contributed by atoms with E-state index >= 15 is 4.39 Å². The quantitative estimate of drug-likeness (QED) is 0.170. The van der Waals surface area contributed by atoms with Crippen LogP contribution < -0.4 is 0 Å². The van der Waals surface area contributed by atoms with Crippen molar-refractivity contribution >= 4 is 74.6 Å². The van der Waals surface area contributed by atoms with E-state index in [9.17, 15) is 0 Å². The first-order chi connectivity index (χ1) is 23.8. The van der Waals surface area contributed by atoms with Gasteiger partial charge in [-0.15, -0.1) is 11.3 Å². The molecule has 0 bridgehead atoms. The third kappa shape index (κ3) is 3.93. The Kier molecular flexibility index (Phi) is 6.03. The fourth-order valence-corrected chi connectivity index (χ4v) is 9.13. The second-order valence-corrected chi connectivity index (χ2v) is 13.5. The summed E-state index contributed by atoms with van der Waals surface area (Å²) < 4.78 is 18.3. The van der Waals surface area contributed by atoms with E-state index in [4.69, 9.17) is 0 Å². The van der Waals surface area contributed by atoms with Crippen molar-refractivity contribution in [2.75, 3.05) is 0 Å². The Bertz CT molecular complexity index is 2780. The van der Waals surface area contributed by atoms with E-state index in [0.29, 0.717) is 10.8 Å². The van der Waals surface area contributed by atoms with Gasteiger partial charge in [0.05, 0.1) is 0 Å². The molecule has 0 saturated carbocycles. The van der Waals surface area contributed by atoms with E-state index in [1.807, 2.05) is 47.7 Å². The second-order valence-electron chi connectivity index (χ2n) is 12.5. The fraction of sp³-hybridized carbons (Fsp3) is 0. The van der Waals surface area contributed by atoms with Gasteiger partial charge in [-0.2, -0.15) is 0 Å². The highest BCUT2D eigenvalue weighted by Gasteiger charge is 2.20. The van der Waals surface area contributed by atoms with Crippen molar-refractivity contribution < 1.29 is 4.39 Å². The van der Waals surface area contributed by atoms with Gasteiger partial charge >= 0.3 is 0 Å². The third-order valence-electron chi connectivity index (χ3n) is 9.92. The van der Waals surface area contributed by atoms with Gasteiger partial charge in [0.15, 0.2) is 0 Å². The summed E-state index contributed by atoms with van der Waals surface area (Å²) in [6.07, 6.45) is 0. The van der Waals surface area contributed by atoms with Crippen molar-refractivity contribution in [1.29, 1.82) is 0 Å². The lowest BCUT2D eigenvalue weighted by atomic mass is 9.86. The van der Waals surface area contributed by atoms with Crippen molar-refractivity contribution in [3.63, 3.8) is 0 Å². The van der Waals surface area contributed by atoms with Crippen LogP contribution >= 0.6 is 11.3 Å². The number of hydrogen-bond acceptors (Lipinski definition) is 1. The number of rotatable bonds is 3. The summed E-state index contributed by atoms with van der Waals surface area (Å²) in [7, 11) is 0. The summed E-state index contributed by atoms with van der Waals surface area (Å²) in [6, 6.07) is 57.7. The zero-order valence-corrected chi connectivity index (χ0v) is 26.7. The molecule has 0 aliphatic heterocycles. The summed E-state index contributed by atoms with van der Waals surface area (Å²) in [5.41, 5.74) is 7.21. The molecule has 1 heterocycles. The maximum absolute atomic E-state index is 15.8. The highest BCUT2D eigenvalue weighted by Crippen LogP contribution is 2.48. The van der Waals surface area contributed by atoms with Crippen molar-refractivity contribution in [1.82, 2.24) is 0 Å². The lowest BCUT2D eigenvalue weighted by Crippen LogP contribution is -1.90. The largest absolute Gasteiger partial charge is 0.206 e. The highest BCUT2D eigenvalue weighted by molar-refractivity contribution is 7.26. The maximum atomic E-state index is 15.8. The van der Waals surface area contributed by atoms with Crippen LogP contribution in [0.15, 0.2) is 164 Å². The molecule has 1 aromatic heterocycles. The lowest BCUT2D eigenvalue weighted by Gasteiger charge is -2.17. The molecule has 0 aliphatic rings. The lowest BCUT2D eigenvalue weighted by molar-refractivity contribution is 0.651. The molecular formula is C46H27FS. The van der Waals surface area contributed by atoms with E-state index in [0.717, 1.165) is 21.9 Å². The first-order valence-electron chi connectivity index (χ1n) is 16.3. The van der Waals surface area contributed by atoms with E-state index in [2.05, 4.69) is 127 Å². The highest BCUT2D eigenvalue weighted by atomic mass is 32.1. The first kappa shape index (κ1) is 27.3. The average molecular weight is 631 g/mol. The minimum Gasteiger partial charge on any atom is -0.206 e. The zero-order valence-electron chi connectivity index (χ0n) is 25.9. The van der Waals surface area contributed by atoms with Gasteiger partial charge in [0.2, 0.25) is 0 Å². The molecule has 0 unspecified atom stereocenters. The Morgan fingerprint density at radius 2 is 0.792 bits per heavy atom. The van der Waals surface area contributed by atoms with E-state index in [1.54, 1.807) is 0 Å². The molecule has 0 N–H and O–H groups in total. The van der Waals surface area contributed by atoms with Crippen LogP contribution in [0.5, 0.6) is 0 Å². The molecule has 48 heavy (non-hydrogen) atoms. The maximum Gasteiger partial charge on any atom is 0.138 e. The van der Waals surface area contributed by atoms with Gasteiger partial charge in [-0.1, -0.05) is 158 Å². The molecular weight excluding hydrogens is 604 g/mol. The van der Waals surface area contributed by atoms with Crippen molar-refractivity contribution in [3.8, 4) is 33.4 Å². The smallest absolute Gasteiger partial charge is 0.138 e. The van der Waals surface area contributed by atoms with Gasteiger partial charge in [-0.25, -0.2) is 4.39 Å². The van der Waals surface area contributed by atoms with Gasteiger partial charge in [-0.3, -0.25) is 0 Å². The van der Waals surface area contributed by atoms with Crippen LogP contribution in [0.4, 0.5) is 4.39 Å². The van der Waals surface area contributed by atoms with Crippen LogP contribution in [-0.4, -0.2) is 0 Å². The number of thiophene rings is 1. The summed E-state index contributed by atoms with van der Waals surface area (Å²) >= 11 is 1.83. The Hall–Kier alpha value is -5.83. The third-order valence-corrected chi connectivity index (χ3v) is 11.1. The minimum atomic E-state index is -0.157. The predicted molar refractivity (Wildman–Crippen MR) is 206 cm³/mol. The number of fused-ring (bicyclic) bond motifs is 7. The molecule has 0 atom stereocenters. The molecule has 0 fully saturated rings. The molecule has 10 rings (SSSR count).